The van der Waals surface area contributed by atoms with Crippen LogP contribution >= 0.6 is 0 Å². The molecule has 1 aromatic rings. The molecule has 0 saturated carbocycles. The standard InChI is InChI=1S/C14H20/c1-11(2)12(3)10-13(4)14-8-6-5-7-9-14/h5-9,11,13H,3,10H2,1-2,4H3. The number of hydrogen-bond acceptors (Lipinski definition) is 0. The van der Waals surface area contributed by atoms with Gasteiger partial charge in [0.1, 0.15) is 0 Å². The average molecular weight is 188 g/mol. The summed E-state index contributed by atoms with van der Waals surface area (Å²) in [7, 11) is 0. The zero-order valence-electron chi connectivity index (χ0n) is 9.46. The summed E-state index contributed by atoms with van der Waals surface area (Å²) in [6, 6.07) is 10.7. The lowest BCUT2D eigenvalue weighted by atomic mass is 9.90. The molecule has 0 aliphatic carbocycles. The molecule has 0 saturated heterocycles. The lowest BCUT2D eigenvalue weighted by Crippen LogP contribution is -1.99. The largest absolute Gasteiger partial charge is 0.0996 e. The predicted molar refractivity (Wildman–Crippen MR) is 63.5 cm³/mol. The fourth-order valence-electron chi connectivity index (χ4n) is 1.53. The molecular weight excluding hydrogens is 168 g/mol. The van der Waals surface area contributed by atoms with Crippen molar-refractivity contribution in [2.45, 2.75) is 33.1 Å². The van der Waals surface area contributed by atoms with Gasteiger partial charge in [0.25, 0.3) is 0 Å². The summed E-state index contributed by atoms with van der Waals surface area (Å²) < 4.78 is 0. The van der Waals surface area contributed by atoms with Crippen molar-refractivity contribution in [3.63, 3.8) is 0 Å². The van der Waals surface area contributed by atoms with E-state index in [1.165, 1.54) is 11.1 Å². The normalized spacial score (nSPS) is 12.9. The second-order valence-corrected chi connectivity index (χ2v) is 4.33. The van der Waals surface area contributed by atoms with Gasteiger partial charge in [0.15, 0.2) is 0 Å². The van der Waals surface area contributed by atoms with E-state index in [2.05, 4.69) is 57.7 Å². The Morgan fingerprint density at radius 3 is 2.21 bits per heavy atom. The summed E-state index contributed by atoms with van der Waals surface area (Å²) in [5.74, 6) is 1.19. The molecule has 0 aliphatic heterocycles. The third-order valence-corrected chi connectivity index (χ3v) is 2.75. The molecule has 1 atom stereocenters. The van der Waals surface area contributed by atoms with Gasteiger partial charge in [-0.25, -0.2) is 0 Å². The molecule has 0 aromatic heterocycles. The Morgan fingerprint density at radius 2 is 1.71 bits per heavy atom. The van der Waals surface area contributed by atoms with Gasteiger partial charge in [0.05, 0.1) is 0 Å². The van der Waals surface area contributed by atoms with Crippen LogP contribution in [0.2, 0.25) is 0 Å². The molecule has 0 spiro atoms. The lowest BCUT2D eigenvalue weighted by Gasteiger charge is -2.15. The molecule has 1 aromatic carbocycles. The third kappa shape index (κ3) is 3.02. The van der Waals surface area contributed by atoms with Crippen molar-refractivity contribution in [1.82, 2.24) is 0 Å². The van der Waals surface area contributed by atoms with E-state index in [1.807, 2.05) is 0 Å². The summed E-state index contributed by atoms with van der Waals surface area (Å²) in [6.45, 7) is 10.8. The monoisotopic (exact) mass is 188 g/mol. The molecule has 1 rings (SSSR count). The number of hydrogen-bond donors (Lipinski definition) is 0. The molecule has 0 radical (unpaired) electrons. The van der Waals surface area contributed by atoms with Crippen LogP contribution in [-0.4, -0.2) is 0 Å². The second kappa shape index (κ2) is 4.99. The van der Waals surface area contributed by atoms with E-state index in [1.54, 1.807) is 0 Å². The molecule has 76 valence electrons. The van der Waals surface area contributed by atoms with Crippen LogP contribution < -0.4 is 0 Å². The topological polar surface area (TPSA) is 0 Å². The maximum absolute atomic E-state index is 4.12. The first-order chi connectivity index (χ1) is 6.61. The molecule has 0 amide bonds. The Balaban J connectivity index is 2.59. The quantitative estimate of drug-likeness (QED) is 0.615. The van der Waals surface area contributed by atoms with Crippen molar-refractivity contribution in [2.75, 3.05) is 0 Å². The van der Waals surface area contributed by atoms with Crippen molar-refractivity contribution in [1.29, 1.82) is 0 Å². The highest BCUT2D eigenvalue weighted by Crippen LogP contribution is 2.25. The maximum Gasteiger partial charge on any atom is -0.0153 e. The molecule has 0 nitrogen and oxygen atoms in total. The molecule has 0 heteroatoms. The van der Waals surface area contributed by atoms with Crippen molar-refractivity contribution in [2.24, 2.45) is 5.92 Å². The summed E-state index contributed by atoms with van der Waals surface area (Å²) in [4.78, 5) is 0. The second-order valence-electron chi connectivity index (χ2n) is 4.33. The van der Waals surface area contributed by atoms with Gasteiger partial charge in [-0.05, 0) is 23.8 Å². The minimum atomic E-state index is 0.589. The summed E-state index contributed by atoms with van der Waals surface area (Å²) in [6.07, 6.45) is 1.10. The van der Waals surface area contributed by atoms with Gasteiger partial charge in [0, 0.05) is 0 Å². The fourth-order valence-corrected chi connectivity index (χ4v) is 1.53. The van der Waals surface area contributed by atoms with Crippen LogP contribution in [0.15, 0.2) is 42.5 Å². The summed E-state index contributed by atoms with van der Waals surface area (Å²) in [5, 5.41) is 0. The van der Waals surface area contributed by atoms with Crippen LogP contribution in [0.5, 0.6) is 0 Å². The highest BCUT2D eigenvalue weighted by molar-refractivity contribution is 5.20. The molecule has 0 heterocycles. The van der Waals surface area contributed by atoms with E-state index in [0.717, 1.165) is 6.42 Å². The Hall–Kier alpha value is -1.04. The van der Waals surface area contributed by atoms with Crippen molar-refractivity contribution < 1.29 is 0 Å². The molecule has 14 heavy (non-hydrogen) atoms. The van der Waals surface area contributed by atoms with E-state index >= 15 is 0 Å². The van der Waals surface area contributed by atoms with Crippen LogP contribution in [-0.2, 0) is 0 Å². The minimum absolute atomic E-state index is 0.589. The van der Waals surface area contributed by atoms with Crippen molar-refractivity contribution in [3.05, 3.63) is 48.0 Å². The first-order valence-electron chi connectivity index (χ1n) is 5.34. The smallest absolute Gasteiger partial charge is 0.0153 e. The van der Waals surface area contributed by atoms with E-state index in [9.17, 15) is 0 Å². The van der Waals surface area contributed by atoms with Crippen LogP contribution in [0, 0.1) is 5.92 Å². The van der Waals surface area contributed by atoms with Gasteiger partial charge in [-0.2, -0.15) is 0 Å². The first-order valence-corrected chi connectivity index (χ1v) is 5.34. The Bertz CT molecular complexity index is 282. The van der Waals surface area contributed by atoms with E-state index in [-0.39, 0.29) is 0 Å². The average Bonchev–Trinajstić information content (AvgIpc) is 2.19. The molecule has 0 bridgehead atoms. The highest BCUT2D eigenvalue weighted by atomic mass is 14.1. The van der Waals surface area contributed by atoms with Gasteiger partial charge in [-0.15, -0.1) is 0 Å². The molecule has 0 fully saturated rings. The lowest BCUT2D eigenvalue weighted by molar-refractivity contribution is 0.655. The molecule has 0 N–H and O–H groups in total. The Labute approximate surface area is 87.7 Å². The number of rotatable bonds is 4. The van der Waals surface area contributed by atoms with Gasteiger partial charge in [-0.3, -0.25) is 0 Å². The van der Waals surface area contributed by atoms with E-state index in [0.29, 0.717) is 11.8 Å². The van der Waals surface area contributed by atoms with Crippen molar-refractivity contribution in [3.8, 4) is 0 Å². The molecular formula is C14H20. The summed E-state index contributed by atoms with van der Waals surface area (Å²) >= 11 is 0. The first kappa shape index (κ1) is 11.0. The number of benzene rings is 1. The van der Waals surface area contributed by atoms with Gasteiger partial charge in [-0.1, -0.05) is 63.3 Å². The van der Waals surface area contributed by atoms with Gasteiger partial charge < -0.3 is 0 Å². The van der Waals surface area contributed by atoms with Crippen LogP contribution in [0.4, 0.5) is 0 Å². The molecule has 0 aliphatic rings. The third-order valence-electron chi connectivity index (χ3n) is 2.75. The van der Waals surface area contributed by atoms with E-state index < -0.39 is 0 Å². The Morgan fingerprint density at radius 1 is 1.14 bits per heavy atom. The fraction of sp³-hybridized carbons (Fsp3) is 0.429. The maximum atomic E-state index is 4.12. The van der Waals surface area contributed by atoms with Gasteiger partial charge in [0.2, 0.25) is 0 Å². The minimum Gasteiger partial charge on any atom is -0.0996 e. The van der Waals surface area contributed by atoms with Gasteiger partial charge >= 0.3 is 0 Å². The SMILES string of the molecule is C=C(CC(C)c1ccccc1)C(C)C. The number of allylic oxidation sites excluding steroid dienone is 1. The zero-order chi connectivity index (χ0) is 10.6. The predicted octanol–water partition coefficient (Wildman–Crippen LogP) is 4.39. The van der Waals surface area contributed by atoms with Crippen LogP contribution in [0.3, 0.4) is 0 Å². The zero-order valence-corrected chi connectivity index (χ0v) is 9.46. The van der Waals surface area contributed by atoms with Crippen molar-refractivity contribution >= 4 is 0 Å². The van der Waals surface area contributed by atoms with Crippen LogP contribution in [0.1, 0.15) is 38.7 Å². The highest BCUT2D eigenvalue weighted by Gasteiger charge is 2.08. The Kier molecular flexibility index (Phi) is 3.94. The van der Waals surface area contributed by atoms with Crippen LogP contribution in [0.25, 0.3) is 0 Å². The van der Waals surface area contributed by atoms with E-state index in [4.69, 9.17) is 0 Å². The summed E-state index contributed by atoms with van der Waals surface area (Å²) in [5.41, 5.74) is 2.76. The molecule has 1 unspecified atom stereocenters.